The lowest BCUT2D eigenvalue weighted by atomic mass is 10.2. The van der Waals surface area contributed by atoms with Gasteiger partial charge >= 0.3 is 0 Å². The van der Waals surface area contributed by atoms with Gasteiger partial charge in [0.25, 0.3) is 0 Å². The summed E-state index contributed by atoms with van der Waals surface area (Å²) in [5.74, 6) is 0. The zero-order chi connectivity index (χ0) is 13.0. The van der Waals surface area contributed by atoms with Crippen molar-refractivity contribution in [1.29, 1.82) is 0 Å². The predicted molar refractivity (Wildman–Crippen MR) is 72.0 cm³/mol. The van der Waals surface area contributed by atoms with Crippen LogP contribution in [-0.2, 0) is 10.0 Å². The maximum Gasteiger partial charge on any atom is 0.240 e. The Hall–Kier alpha value is -0.910. The van der Waals surface area contributed by atoms with Crippen LogP contribution in [0.3, 0.4) is 0 Å². The van der Waals surface area contributed by atoms with Gasteiger partial charge in [0, 0.05) is 12.6 Å². The van der Waals surface area contributed by atoms with Crippen molar-refractivity contribution in [3.8, 4) is 0 Å². The summed E-state index contributed by atoms with van der Waals surface area (Å²) >= 11 is 0. The highest BCUT2D eigenvalue weighted by atomic mass is 32.2. The minimum absolute atomic E-state index is 0.349. The summed E-state index contributed by atoms with van der Waals surface area (Å²) in [6, 6.07) is 7.44. The van der Waals surface area contributed by atoms with Crippen molar-refractivity contribution < 1.29 is 8.42 Å². The maximum atomic E-state index is 12.0. The molecule has 1 aliphatic rings. The fourth-order valence-corrected chi connectivity index (χ4v) is 3.39. The zero-order valence-corrected chi connectivity index (χ0v) is 11.5. The molecule has 0 aliphatic carbocycles. The largest absolute Gasteiger partial charge is 0.314 e. The summed E-state index contributed by atoms with van der Waals surface area (Å²) in [5.41, 5.74) is 0.954. The summed E-state index contributed by atoms with van der Waals surface area (Å²) in [5, 5.41) is 3.36. The van der Waals surface area contributed by atoms with Crippen molar-refractivity contribution in [1.82, 2.24) is 10.0 Å². The van der Waals surface area contributed by atoms with Crippen molar-refractivity contribution in [2.45, 2.75) is 37.1 Å². The molecule has 0 radical (unpaired) electrons. The van der Waals surface area contributed by atoms with Gasteiger partial charge in [-0.05, 0) is 50.4 Å². The van der Waals surface area contributed by atoms with E-state index in [0.29, 0.717) is 17.5 Å². The summed E-state index contributed by atoms with van der Waals surface area (Å²) in [6.45, 7) is 3.44. The SMILES string of the molecule is Cc1cccc(S(=O)(=O)NCC[C@H]2CCCN2)c1. The molecule has 2 N–H and O–H groups in total. The molecule has 1 aromatic carbocycles. The molecular formula is C13H20N2O2S. The summed E-state index contributed by atoms with van der Waals surface area (Å²) in [6.07, 6.45) is 3.19. The Kier molecular flexibility index (Phi) is 4.37. The Morgan fingerprint density at radius 2 is 2.28 bits per heavy atom. The molecule has 1 fully saturated rings. The fraction of sp³-hybridized carbons (Fsp3) is 0.538. The third kappa shape index (κ3) is 3.54. The molecule has 0 unspecified atom stereocenters. The number of rotatable bonds is 5. The molecule has 1 aromatic rings. The maximum absolute atomic E-state index is 12.0. The smallest absolute Gasteiger partial charge is 0.240 e. The average molecular weight is 268 g/mol. The van der Waals surface area contributed by atoms with Gasteiger partial charge in [0.2, 0.25) is 10.0 Å². The van der Waals surface area contributed by atoms with E-state index < -0.39 is 10.0 Å². The molecule has 0 aromatic heterocycles. The molecule has 0 amide bonds. The third-order valence-electron chi connectivity index (χ3n) is 3.25. The Balaban J connectivity index is 1.90. The van der Waals surface area contributed by atoms with Crippen molar-refractivity contribution in [2.75, 3.05) is 13.1 Å². The van der Waals surface area contributed by atoms with Gasteiger partial charge in [-0.2, -0.15) is 0 Å². The first-order chi connectivity index (χ1) is 8.58. The topological polar surface area (TPSA) is 58.2 Å². The van der Waals surface area contributed by atoms with Crippen LogP contribution in [0.25, 0.3) is 0 Å². The molecule has 4 nitrogen and oxygen atoms in total. The van der Waals surface area contributed by atoms with Crippen LogP contribution >= 0.6 is 0 Å². The molecule has 5 heteroatoms. The van der Waals surface area contributed by atoms with Crippen LogP contribution < -0.4 is 10.0 Å². The van der Waals surface area contributed by atoms with Crippen LogP contribution in [0.5, 0.6) is 0 Å². The van der Waals surface area contributed by atoms with Crippen molar-refractivity contribution in [3.63, 3.8) is 0 Å². The number of benzene rings is 1. The quantitative estimate of drug-likeness (QED) is 0.849. The second-order valence-corrected chi connectivity index (χ2v) is 6.56. The standard InChI is InChI=1S/C13H20N2O2S/c1-11-4-2-6-13(10-11)18(16,17)15-9-7-12-5-3-8-14-12/h2,4,6,10,12,14-15H,3,5,7-9H2,1H3/t12-/m1/s1. The monoisotopic (exact) mass is 268 g/mol. The van der Waals surface area contributed by atoms with E-state index in [1.165, 1.54) is 6.42 Å². The Morgan fingerprint density at radius 3 is 2.94 bits per heavy atom. The zero-order valence-electron chi connectivity index (χ0n) is 10.6. The van der Waals surface area contributed by atoms with E-state index in [1.54, 1.807) is 18.2 Å². The van der Waals surface area contributed by atoms with Gasteiger partial charge in [0.05, 0.1) is 4.90 Å². The third-order valence-corrected chi connectivity index (χ3v) is 4.71. The molecule has 0 bridgehead atoms. The van der Waals surface area contributed by atoms with Crippen LogP contribution in [0, 0.1) is 6.92 Å². The molecule has 1 aliphatic heterocycles. The lowest BCUT2D eigenvalue weighted by molar-refractivity contribution is 0.539. The molecule has 0 spiro atoms. The number of aryl methyl sites for hydroxylation is 1. The molecular weight excluding hydrogens is 248 g/mol. The van der Waals surface area contributed by atoms with E-state index in [2.05, 4.69) is 10.0 Å². The van der Waals surface area contributed by atoms with Crippen molar-refractivity contribution in [3.05, 3.63) is 29.8 Å². The van der Waals surface area contributed by atoms with Gasteiger partial charge in [-0.25, -0.2) is 13.1 Å². The van der Waals surface area contributed by atoms with Gasteiger partial charge in [0.1, 0.15) is 0 Å². The first kappa shape index (κ1) is 13.5. The van der Waals surface area contributed by atoms with Gasteiger partial charge in [-0.15, -0.1) is 0 Å². The van der Waals surface area contributed by atoms with E-state index in [9.17, 15) is 8.42 Å². The number of hydrogen-bond acceptors (Lipinski definition) is 3. The number of nitrogens with one attached hydrogen (secondary N) is 2. The molecule has 2 rings (SSSR count). The van der Waals surface area contributed by atoms with E-state index in [4.69, 9.17) is 0 Å². The van der Waals surface area contributed by atoms with Crippen LogP contribution in [0.1, 0.15) is 24.8 Å². The normalized spacial score (nSPS) is 20.2. The molecule has 100 valence electrons. The van der Waals surface area contributed by atoms with Crippen LogP contribution in [0.4, 0.5) is 0 Å². The minimum Gasteiger partial charge on any atom is -0.314 e. The summed E-state index contributed by atoms with van der Waals surface area (Å²) < 4.78 is 26.7. The second kappa shape index (κ2) is 5.82. The van der Waals surface area contributed by atoms with E-state index in [0.717, 1.165) is 24.9 Å². The first-order valence-corrected chi connectivity index (χ1v) is 7.86. The van der Waals surface area contributed by atoms with E-state index >= 15 is 0 Å². The highest BCUT2D eigenvalue weighted by Crippen LogP contribution is 2.12. The fourth-order valence-electron chi connectivity index (χ4n) is 2.24. The predicted octanol–water partition coefficient (Wildman–Crippen LogP) is 1.42. The van der Waals surface area contributed by atoms with Gasteiger partial charge in [-0.1, -0.05) is 12.1 Å². The summed E-state index contributed by atoms with van der Waals surface area (Å²) in [4.78, 5) is 0.349. The highest BCUT2D eigenvalue weighted by Gasteiger charge is 2.17. The van der Waals surface area contributed by atoms with E-state index in [-0.39, 0.29) is 0 Å². The lowest BCUT2D eigenvalue weighted by Gasteiger charge is -2.11. The van der Waals surface area contributed by atoms with Crippen molar-refractivity contribution >= 4 is 10.0 Å². The minimum atomic E-state index is -3.35. The van der Waals surface area contributed by atoms with Crippen LogP contribution in [0.15, 0.2) is 29.2 Å². The highest BCUT2D eigenvalue weighted by molar-refractivity contribution is 7.89. The van der Waals surface area contributed by atoms with Crippen LogP contribution in [0.2, 0.25) is 0 Å². The Labute approximate surface area is 109 Å². The van der Waals surface area contributed by atoms with Gasteiger partial charge < -0.3 is 5.32 Å². The van der Waals surface area contributed by atoms with E-state index in [1.807, 2.05) is 13.0 Å². The number of sulfonamides is 1. The molecule has 1 saturated heterocycles. The average Bonchev–Trinajstić information content (AvgIpc) is 2.82. The molecule has 18 heavy (non-hydrogen) atoms. The number of hydrogen-bond donors (Lipinski definition) is 2. The summed E-state index contributed by atoms with van der Waals surface area (Å²) in [7, 11) is -3.35. The lowest BCUT2D eigenvalue weighted by Crippen LogP contribution is -2.30. The first-order valence-electron chi connectivity index (χ1n) is 6.38. The molecule has 1 heterocycles. The van der Waals surface area contributed by atoms with Crippen LogP contribution in [-0.4, -0.2) is 27.5 Å². The van der Waals surface area contributed by atoms with Gasteiger partial charge in [0.15, 0.2) is 0 Å². The molecule has 0 saturated carbocycles. The Bertz CT molecular complexity index is 493. The Morgan fingerprint density at radius 1 is 1.44 bits per heavy atom. The molecule has 1 atom stereocenters. The second-order valence-electron chi connectivity index (χ2n) is 4.80. The van der Waals surface area contributed by atoms with Gasteiger partial charge in [-0.3, -0.25) is 0 Å². The van der Waals surface area contributed by atoms with Crippen molar-refractivity contribution in [2.24, 2.45) is 0 Å².